The zero-order valence-corrected chi connectivity index (χ0v) is 8.06. The molecule has 0 spiro atoms. The van der Waals surface area contributed by atoms with E-state index in [1.807, 2.05) is 0 Å². The zero-order chi connectivity index (χ0) is 8.48. The molecule has 0 aliphatic heterocycles. The van der Waals surface area contributed by atoms with Crippen LogP contribution < -0.4 is 5.30 Å². The van der Waals surface area contributed by atoms with Crippen molar-refractivity contribution in [3.8, 4) is 0 Å². The number of rotatable bonds is 1. The van der Waals surface area contributed by atoms with E-state index in [1.165, 1.54) is 6.20 Å². The van der Waals surface area contributed by atoms with Crippen molar-refractivity contribution < 1.29 is 4.57 Å². The number of pyridine rings is 1. The van der Waals surface area contributed by atoms with Crippen LogP contribution in [0.4, 0.5) is 0 Å². The quantitative estimate of drug-likeness (QED) is 0.633. The van der Waals surface area contributed by atoms with Gasteiger partial charge >= 0.3 is 0 Å². The van der Waals surface area contributed by atoms with Crippen LogP contribution in [0, 0.1) is 0 Å². The third-order valence-corrected chi connectivity index (χ3v) is 3.01. The molecular weight excluding hydrogens is 181 g/mol. The lowest BCUT2D eigenvalue weighted by atomic mass is 10.5. The molecule has 0 saturated heterocycles. The van der Waals surface area contributed by atoms with Gasteiger partial charge in [0.25, 0.3) is 0 Å². The molecule has 0 radical (unpaired) electrons. The van der Waals surface area contributed by atoms with E-state index in [-0.39, 0.29) is 0 Å². The highest BCUT2D eigenvalue weighted by atomic mass is 35.5. The van der Waals surface area contributed by atoms with E-state index in [9.17, 15) is 4.57 Å². The third-order valence-electron chi connectivity index (χ3n) is 1.31. The molecular formula is C7H9ClNOP. The first-order chi connectivity index (χ1) is 5.00. The number of nitrogens with zero attached hydrogens (tertiary/aromatic N) is 1. The van der Waals surface area contributed by atoms with E-state index in [2.05, 4.69) is 4.98 Å². The van der Waals surface area contributed by atoms with Crippen LogP contribution >= 0.6 is 18.7 Å². The van der Waals surface area contributed by atoms with Gasteiger partial charge in [-0.25, -0.2) is 0 Å². The van der Waals surface area contributed by atoms with Crippen LogP contribution in [0.5, 0.6) is 0 Å². The van der Waals surface area contributed by atoms with Gasteiger partial charge in [0.05, 0.1) is 5.02 Å². The molecule has 0 saturated carbocycles. The van der Waals surface area contributed by atoms with Crippen molar-refractivity contribution in [2.75, 3.05) is 13.3 Å². The molecule has 1 aromatic heterocycles. The monoisotopic (exact) mass is 189 g/mol. The minimum Gasteiger partial charge on any atom is -0.319 e. The van der Waals surface area contributed by atoms with Crippen molar-refractivity contribution in [2.24, 2.45) is 0 Å². The summed E-state index contributed by atoms with van der Waals surface area (Å²) in [7, 11) is -2.19. The fraction of sp³-hybridized carbons (Fsp3) is 0.286. The molecule has 2 nitrogen and oxygen atoms in total. The van der Waals surface area contributed by atoms with Crippen molar-refractivity contribution >= 4 is 24.0 Å². The molecule has 1 rings (SSSR count). The number of aromatic nitrogens is 1. The number of hydrogen-bond acceptors (Lipinski definition) is 2. The second-order valence-corrected chi connectivity index (χ2v) is 6.37. The van der Waals surface area contributed by atoms with Gasteiger partial charge < -0.3 is 4.57 Å². The highest BCUT2D eigenvalue weighted by Gasteiger charge is 2.10. The van der Waals surface area contributed by atoms with E-state index >= 15 is 0 Å². The Balaban J connectivity index is 3.17. The van der Waals surface area contributed by atoms with Crippen molar-refractivity contribution in [1.82, 2.24) is 4.98 Å². The van der Waals surface area contributed by atoms with Gasteiger partial charge in [-0.05, 0) is 19.4 Å². The molecule has 1 heterocycles. The summed E-state index contributed by atoms with van der Waals surface area (Å²) in [4.78, 5) is 3.85. The molecule has 0 unspecified atom stereocenters. The normalized spacial score (nSPS) is 11.5. The summed E-state index contributed by atoms with van der Waals surface area (Å²) in [5.74, 6) is 0. The fourth-order valence-electron chi connectivity index (χ4n) is 0.695. The van der Waals surface area contributed by atoms with E-state index < -0.39 is 7.14 Å². The van der Waals surface area contributed by atoms with Gasteiger partial charge in [0.1, 0.15) is 7.14 Å². The third kappa shape index (κ3) is 2.32. The topological polar surface area (TPSA) is 30.0 Å². The first-order valence-electron chi connectivity index (χ1n) is 3.16. The predicted octanol–water partition coefficient (Wildman–Crippen LogP) is 1.98. The van der Waals surface area contributed by atoms with Crippen LogP contribution in [0.25, 0.3) is 0 Å². The summed E-state index contributed by atoms with van der Waals surface area (Å²) in [5, 5.41) is 1.26. The summed E-state index contributed by atoms with van der Waals surface area (Å²) < 4.78 is 11.5. The largest absolute Gasteiger partial charge is 0.319 e. The Hall–Kier alpha value is -0.330. The smallest absolute Gasteiger partial charge is 0.111 e. The summed E-state index contributed by atoms with van der Waals surface area (Å²) in [5.41, 5.74) is 0. The van der Waals surface area contributed by atoms with E-state index in [1.54, 1.807) is 25.6 Å². The maximum absolute atomic E-state index is 11.5. The molecule has 11 heavy (non-hydrogen) atoms. The van der Waals surface area contributed by atoms with Gasteiger partial charge in [-0.1, -0.05) is 11.6 Å². The Labute approximate surface area is 71.0 Å². The van der Waals surface area contributed by atoms with Gasteiger partial charge in [0.2, 0.25) is 0 Å². The molecule has 0 atom stereocenters. The maximum atomic E-state index is 11.5. The molecule has 0 aromatic carbocycles. The zero-order valence-electron chi connectivity index (χ0n) is 6.41. The summed E-state index contributed by atoms with van der Waals surface area (Å²) in [6.45, 7) is 3.39. The molecule has 0 bridgehead atoms. The maximum Gasteiger partial charge on any atom is 0.111 e. The standard InChI is InChI=1S/C7H9ClNOP/c1-11(2,10)7-3-6(8)4-9-5-7/h3-5H,1-2H3. The Morgan fingerprint density at radius 3 is 2.45 bits per heavy atom. The predicted molar refractivity (Wildman–Crippen MR) is 48.3 cm³/mol. The summed E-state index contributed by atoms with van der Waals surface area (Å²) in [6.07, 6.45) is 3.12. The lowest BCUT2D eigenvalue weighted by molar-refractivity contribution is 0.588. The van der Waals surface area contributed by atoms with Crippen molar-refractivity contribution in [3.63, 3.8) is 0 Å². The van der Waals surface area contributed by atoms with Crippen molar-refractivity contribution in [1.29, 1.82) is 0 Å². The van der Waals surface area contributed by atoms with Crippen LogP contribution in [0.15, 0.2) is 18.5 Å². The Morgan fingerprint density at radius 2 is 2.09 bits per heavy atom. The van der Waals surface area contributed by atoms with Gasteiger partial charge in [-0.2, -0.15) is 0 Å². The van der Waals surface area contributed by atoms with Crippen LogP contribution in [-0.2, 0) is 4.57 Å². The lowest BCUT2D eigenvalue weighted by Gasteiger charge is -2.04. The highest BCUT2D eigenvalue weighted by molar-refractivity contribution is 7.70. The summed E-state index contributed by atoms with van der Waals surface area (Å²) in [6, 6.07) is 1.69. The molecule has 0 aliphatic rings. The Morgan fingerprint density at radius 1 is 1.45 bits per heavy atom. The molecule has 0 N–H and O–H groups in total. The first kappa shape index (κ1) is 8.76. The number of hydrogen-bond donors (Lipinski definition) is 0. The average Bonchev–Trinajstić information content (AvgIpc) is 1.86. The minimum atomic E-state index is -2.19. The average molecular weight is 190 g/mol. The lowest BCUT2D eigenvalue weighted by Crippen LogP contribution is -2.02. The molecule has 0 fully saturated rings. The minimum absolute atomic E-state index is 0.534. The highest BCUT2D eigenvalue weighted by Crippen LogP contribution is 2.34. The molecule has 1 aromatic rings. The van der Waals surface area contributed by atoms with Crippen molar-refractivity contribution in [2.45, 2.75) is 0 Å². The number of halogens is 1. The Bertz CT molecular complexity index is 307. The molecule has 4 heteroatoms. The van der Waals surface area contributed by atoms with Gasteiger partial charge in [0, 0.05) is 17.7 Å². The van der Waals surface area contributed by atoms with Gasteiger partial charge in [-0.3, -0.25) is 4.98 Å². The van der Waals surface area contributed by atoms with E-state index in [4.69, 9.17) is 11.6 Å². The van der Waals surface area contributed by atoms with Crippen LogP contribution in [0.1, 0.15) is 0 Å². The van der Waals surface area contributed by atoms with Crippen molar-refractivity contribution in [3.05, 3.63) is 23.5 Å². The SMILES string of the molecule is CP(C)(=O)c1cncc(Cl)c1. The van der Waals surface area contributed by atoms with Crippen LogP contribution in [0.2, 0.25) is 5.02 Å². The second kappa shape index (κ2) is 2.96. The van der Waals surface area contributed by atoms with E-state index in [0.717, 1.165) is 5.30 Å². The summed E-state index contributed by atoms with van der Waals surface area (Å²) >= 11 is 5.67. The molecule has 0 amide bonds. The van der Waals surface area contributed by atoms with Gasteiger partial charge in [0.15, 0.2) is 0 Å². The van der Waals surface area contributed by atoms with Crippen LogP contribution in [0.3, 0.4) is 0 Å². The molecule has 0 aliphatic carbocycles. The molecule has 60 valence electrons. The second-order valence-electron chi connectivity index (χ2n) is 2.71. The fourth-order valence-corrected chi connectivity index (χ4v) is 1.74. The Kier molecular flexibility index (Phi) is 2.36. The van der Waals surface area contributed by atoms with Gasteiger partial charge in [-0.15, -0.1) is 0 Å². The van der Waals surface area contributed by atoms with E-state index in [0.29, 0.717) is 5.02 Å². The first-order valence-corrected chi connectivity index (χ1v) is 6.14. The van der Waals surface area contributed by atoms with Crippen LogP contribution in [-0.4, -0.2) is 18.3 Å².